The Kier molecular flexibility index (Phi) is 5.50. The van der Waals surface area contributed by atoms with Crippen LogP contribution in [-0.4, -0.2) is 25.8 Å². The molecule has 0 aliphatic carbocycles. The van der Waals surface area contributed by atoms with Gasteiger partial charge in [0, 0.05) is 6.92 Å². The molecule has 0 radical (unpaired) electrons. The molecule has 0 saturated heterocycles. The number of terminal acetylenes is 1. The van der Waals surface area contributed by atoms with Crippen LogP contribution in [0.4, 0.5) is 0 Å². The molecule has 0 heterocycles. The lowest BCUT2D eigenvalue weighted by molar-refractivity contribution is -0.142. The Hall–Kier alpha value is -1.01. The van der Waals surface area contributed by atoms with E-state index in [1.54, 1.807) is 0 Å². The van der Waals surface area contributed by atoms with Crippen molar-refractivity contribution in [2.24, 2.45) is 0 Å². The van der Waals surface area contributed by atoms with Crippen LogP contribution in [0.1, 0.15) is 6.92 Å². The normalized spacial score (nSPS) is 8.40. The van der Waals surface area contributed by atoms with Crippen molar-refractivity contribution in [3.05, 3.63) is 0 Å². The maximum atomic E-state index is 10.2. The minimum atomic E-state index is -0.302. The highest BCUT2D eigenvalue weighted by molar-refractivity contribution is 5.65. The lowest BCUT2D eigenvalue weighted by Gasteiger charge is -1.99. The van der Waals surface area contributed by atoms with Gasteiger partial charge in [-0.3, -0.25) is 4.79 Å². The van der Waals surface area contributed by atoms with E-state index in [1.807, 2.05) is 0 Å². The van der Waals surface area contributed by atoms with Crippen LogP contribution in [0.3, 0.4) is 0 Å². The molecular weight excluding hydrogens is 132 g/mol. The minimum absolute atomic E-state index is 0.265. The van der Waals surface area contributed by atoms with E-state index in [1.165, 1.54) is 6.92 Å². The van der Waals surface area contributed by atoms with Gasteiger partial charge in [0.2, 0.25) is 0 Å². The lowest BCUT2D eigenvalue weighted by Crippen LogP contribution is -2.07. The summed E-state index contributed by atoms with van der Waals surface area (Å²) in [4.78, 5) is 10.2. The zero-order valence-corrected chi connectivity index (χ0v) is 5.92. The highest BCUT2D eigenvalue weighted by Gasteiger charge is 1.90. The number of hydrogen-bond donors (Lipinski definition) is 0. The second-order valence-electron chi connectivity index (χ2n) is 1.60. The molecule has 0 aliphatic heterocycles. The summed E-state index contributed by atoms with van der Waals surface area (Å²) in [6, 6.07) is 0. The molecule has 0 amide bonds. The highest BCUT2D eigenvalue weighted by atomic mass is 16.6. The van der Waals surface area contributed by atoms with Gasteiger partial charge in [-0.2, -0.15) is 0 Å². The summed E-state index contributed by atoms with van der Waals surface area (Å²) in [5.74, 6) is 1.99. The molecule has 0 aliphatic rings. The summed E-state index contributed by atoms with van der Waals surface area (Å²) in [6.07, 6.45) is 4.89. The number of carbonyl (C=O) groups excluding carboxylic acids is 1. The second-order valence-corrected chi connectivity index (χ2v) is 1.60. The summed E-state index contributed by atoms with van der Waals surface area (Å²) in [5.41, 5.74) is 0. The molecule has 0 bridgehead atoms. The van der Waals surface area contributed by atoms with Gasteiger partial charge in [-0.05, 0) is 0 Å². The SMILES string of the molecule is C#CCOCCOC(C)=O. The van der Waals surface area contributed by atoms with E-state index in [-0.39, 0.29) is 19.2 Å². The fourth-order valence-electron chi connectivity index (χ4n) is 0.375. The largest absolute Gasteiger partial charge is 0.463 e. The number of hydrogen-bond acceptors (Lipinski definition) is 3. The first-order valence-corrected chi connectivity index (χ1v) is 2.92. The quantitative estimate of drug-likeness (QED) is 0.319. The fourth-order valence-corrected chi connectivity index (χ4v) is 0.375. The van der Waals surface area contributed by atoms with E-state index in [0.29, 0.717) is 6.61 Å². The van der Waals surface area contributed by atoms with Gasteiger partial charge in [-0.25, -0.2) is 0 Å². The summed E-state index contributed by atoms with van der Waals surface area (Å²) in [5, 5.41) is 0. The third-order valence-electron chi connectivity index (χ3n) is 0.718. The van der Waals surface area contributed by atoms with Crippen molar-refractivity contribution in [1.29, 1.82) is 0 Å². The number of ether oxygens (including phenoxy) is 2. The Balaban J connectivity index is 2.92. The van der Waals surface area contributed by atoms with Crippen LogP contribution in [0.2, 0.25) is 0 Å². The van der Waals surface area contributed by atoms with E-state index in [9.17, 15) is 4.79 Å². The molecule has 0 aromatic rings. The average Bonchev–Trinajstić information content (AvgIpc) is 1.87. The van der Waals surface area contributed by atoms with Gasteiger partial charge < -0.3 is 9.47 Å². The number of esters is 1. The van der Waals surface area contributed by atoms with Crippen molar-refractivity contribution in [1.82, 2.24) is 0 Å². The first-order chi connectivity index (χ1) is 4.77. The Morgan fingerprint density at radius 1 is 1.60 bits per heavy atom. The third-order valence-corrected chi connectivity index (χ3v) is 0.718. The first-order valence-electron chi connectivity index (χ1n) is 2.92. The van der Waals surface area contributed by atoms with Crippen LogP contribution in [0.5, 0.6) is 0 Å². The van der Waals surface area contributed by atoms with Crippen LogP contribution in [0.15, 0.2) is 0 Å². The topological polar surface area (TPSA) is 35.5 Å². The van der Waals surface area contributed by atoms with Crippen molar-refractivity contribution in [2.75, 3.05) is 19.8 Å². The summed E-state index contributed by atoms with van der Waals surface area (Å²) < 4.78 is 9.38. The molecule has 3 nitrogen and oxygen atoms in total. The zero-order chi connectivity index (χ0) is 7.82. The highest BCUT2D eigenvalue weighted by Crippen LogP contribution is 1.77. The van der Waals surface area contributed by atoms with Crippen LogP contribution < -0.4 is 0 Å². The first kappa shape index (κ1) is 8.99. The van der Waals surface area contributed by atoms with E-state index in [4.69, 9.17) is 11.2 Å². The number of rotatable bonds is 4. The molecule has 0 saturated carbocycles. The van der Waals surface area contributed by atoms with E-state index < -0.39 is 0 Å². The van der Waals surface area contributed by atoms with Gasteiger partial charge in [-0.15, -0.1) is 6.42 Å². The van der Waals surface area contributed by atoms with E-state index >= 15 is 0 Å². The van der Waals surface area contributed by atoms with Crippen LogP contribution in [0, 0.1) is 12.3 Å². The van der Waals surface area contributed by atoms with E-state index in [2.05, 4.69) is 10.7 Å². The van der Waals surface area contributed by atoms with Gasteiger partial charge in [0.1, 0.15) is 13.2 Å². The maximum absolute atomic E-state index is 10.2. The molecule has 56 valence electrons. The van der Waals surface area contributed by atoms with Crippen LogP contribution >= 0.6 is 0 Å². The van der Waals surface area contributed by atoms with Gasteiger partial charge in [0.15, 0.2) is 0 Å². The van der Waals surface area contributed by atoms with Crippen LogP contribution in [0.25, 0.3) is 0 Å². The summed E-state index contributed by atoms with van der Waals surface area (Å²) in [6.45, 7) is 2.25. The van der Waals surface area contributed by atoms with E-state index in [0.717, 1.165) is 0 Å². The average molecular weight is 142 g/mol. The predicted octanol–water partition coefficient (Wildman–Crippen LogP) is 0.199. The summed E-state index contributed by atoms with van der Waals surface area (Å²) >= 11 is 0. The Morgan fingerprint density at radius 3 is 2.80 bits per heavy atom. The Morgan fingerprint density at radius 2 is 2.30 bits per heavy atom. The lowest BCUT2D eigenvalue weighted by atomic mass is 10.7. The van der Waals surface area contributed by atoms with Crippen molar-refractivity contribution in [3.8, 4) is 12.3 Å². The molecule has 3 heteroatoms. The standard InChI is InChI=1S/C7H10O3/c1-3-4-9-5-6-10-7(2)8/h1H,4-6H2,2H3. The molecule has 0 rings (SSSR count). The van der Waals surface area contributed by atoms with Gasteiger partial charge in [-0.1, -0.05) is 5.92 Å². The molecule has 0 unspecified atom stereocenters. The molecular formula is C7H10O3. The van der Waals surface area contributed by atoms with Crippen molar-refractivity contribution < 1.29 is 14.3 Å². The Labute approximate surface area is 60.3 Å². The second kappa shape index (κ2) is 6.12. The van der Waals surface area contributed by atoms with Gasteiger partial charge >= 0.3 is 5.97 Å². The fraction of sp³-hybridized carbons (Fsp3) is 0.571. The monoisotopic (exact) mass is 142 g/mol. The molecule has 0 aromatic heterocycles. The maximum Gasteiger partial charge on any atom is 0.302 e. The third kappa shape index (κ3) is 6.99. The van der Waals surface area contributed by atoms with Crippen molar-refractivity contribution in [2.45, 2.75) is 6.92 Å². The van der Waals surface area contributed by atoms with Gasteiger partial charge in [0.05, 0.1) is 6.61 Å². The Bertz CT molecular complexity index is 134. The van der Waals surface area contributed by atoms with Gasteiger partial charge in [0.25, 0.3) is 0 Å². The molecule has 0 fully saturated rings. The molecule has 0 aromatic carbocycles. The van der Waals surface area contributed by atoms with Crippen LogP contribution in [-0.2, 0) is 14.3 Å². The zero-order valence-electron chi connectivity index (χ0n) is 5.92. The number of carbonyl (C=O) groups is 1. The molecule has 0 N–H and O–H groups in total. The molecule has 0 spiro atoms. The van der Waals surface area contributed by atoms with Crippen molar-refractivity contribution >= 4 is 5.97 Å². The summed E-state index contributed by atoms with van der Waals surface area (Å²) in [7, 11) is 0. The molecule has 10 heavy (non-hydrogen) atoms. The smallest absolute Gasteiger partial charge is 0.302 e. The predicted molar refractivity (Wildman–Crippen MR) is 36.3 cm³/mol. The minimum Gasteiger partial charge on any atom is -0.463 e. The van der Waals surface area contributed by atoms with Crippen molar-refractivity contribution in [3.63, 3.8) is 0 Å². The molecule has 0 atom stereocenters.